The Balaban J connectivity index is 1.40. The van der Waals surface area contributed by atoms with E-state index in [9.17, 15) is 8.78 Å². The van der Waals surface area contributed by atoms with Crippen LogP contribution in [0.15, 0.2) is 59.9 Å². The van der Waals surface area contributed by atoms with E-state index in [-0.39, 0.29) is 0 Å². The van der Waals surface area contributed by atoms with Crippen molar-refractivity contribution in [1.29, 1.82) is 0 Å². The summed E-state index contributed by atoms with van der Waals surface area (Å²) in [6, 6.07) is 12.1. The van der Waals surface area contributed by atoms with Crippen molar-refractivity contribution in [3.8, 4) is 5.75 Å². The summed E-state index contributed by atoms with van der Waals surface area (Å²) >= 11 is 1.48. The average molecular weight is 429 g/mol. The van der Waals surface area contributed by atoms with E-state index in [0.29, 0.717) is 11.3 Å². The van der Waals surface area contributed by atoms with Gasteiger partial charge in [0.15, 0.2) is 17.5 Å². The number of thioether (sulfide) groups is 1. The molecule has 0 atom stereocenters. The second kappa shape index (κ2) is 9.30. The van der Waals surface area contributed by atoms with Crippen LogP contribution in [0.2, 0.25) is 0 Å². The number of halogens is 2. The Morgan fingerprint density at radius 3 is 2.30 bits per heavy atom. The summed E-state index contributed by atoms with van der Waals surface area (Å²) in [7, 11) is 1.66. The van der Waals surface area contributed by atoms with Crippen LogP contribution in [0.1, 0.15) is 5.56 Å². The topological polar surface area (TPSA) is 41.5 Å². The van der Waals surface area contributed by atoms with Gasteiger partial charge in [0.05, 0.1) is 7.11 Å². The molecule has 1 saturated heterocycles. The SMILES string of the molecule is COc1ccc(N2CCN(c3nccnc3SCc3ccc(F)c(F)c3)CC2)cc1. The van der Waals surface area contributed by atoms with Crippen molar-refractivity contribution < 1.29 is 13.5 Å². The Hall–Kier alpha value is -2.87. The standard InChI is InChI=1S/C22H22F2N4OS/c1-29-18-5-3-17(4-6-18)27-10-12-28(13-11-27)21-22(26-9-8-25-21)30-15-16-2-7-19(23)20(24)14-16/h2-9,14H,10-13,15H2,1H3. The molecule has 0 unspecified atom stereocenters. The molecule has 2 heterocycles. The fraction of sp³-hybridized carbons (Fsp3) is 0.273. The Bertz CT molecular complexity index is 995. The van der Waals surface area contributed by atoms with E-state index >= 15 is 0 Å². The van der Waals surface area contributed by atoms with Crippen LogP contribution in [-0.2, 0) is 5.75 Å². The van der Waals surface area contributed by atoms with Crippen LogP contribution in [0.5, 0.6) is 5.75 Å². The highest BCUT2D eigenvalue weighted by Crippen LogP contribution is 2.30. The number of methoxy groups -OCH3 is 1. The fourth-order valence-corrected chi connectivity index (χ4v) is 4.32. The highest BCUT2D eigenvalue weighted by Gasteiger charge is 2.21. The lowest BCUT2D eigenvalue weighted by Crippen LogP contribution is -2.47. The maximum atomic E-state index is 13.5. The summed E-state index contributed by atoms with van der Waals surface area (Å²) < 4.78 is 31.8. The normalized spacial score (nSPS) is 14.1. The third kappa shape index (κ3) is 4.64. The number of aromatic nitrogens is 2. The van der Waals surface area contributed by atoms with E-state index in [1.54, 1.807) is 25.6 Å². The molecule has 8 heteroatoms. The molecule has 0 bridgehead atoms. The van der Waals surface area contributed by atoms with Gasteiger partial charge in [-0.25, -0.2) is 18.7 Å². The minimum Gasteiger partial charge on any atom is -0.497 e. The van der Waals surface area contributed by atoms with Gasteiger partial charge in [-0.1, -0.05) is 17.8 Å². The van der Waals surface area contributed by atoms with Crippen LogP contribution in [-0.4, -0.2) is 43.3 Å². The largest absolute Gasteiger partial charge is 0.497 e. The van der Waals surface area contributed by atoms with Crippen molar-refractivity contribution in [1.82, 2.24) is 9.97 Å². The van der Waals surface area contributed by atoms with Crippen molar-refractivity contribution in [3.63, 3.8) is 0 Å². The van der Waals surface area contributed by atoms with Crippen LogP contribution < -0.4 is 14.5 Å². The van der Waals surface area contributed by atoms with Gasteiger partial charge >= 0.3 is 0 Å². The number of benzene rings is 2. The highest BCUT2D eigenvalue weighted by molar-refractivity contribution is 7.98. The number of ether oxygens (including phenoxy) is 1. The molecule has 2 aromatic carbocycles. The average Bonchev–Trinajstić information content (AvgIpc) is 2.80. The lowest BCUT2D eigenvalue weighted by Gasteiger charge is -2.37. The second-order valence-electron chi connectivity index (χ2n) is 6.89. The first-order valence-corrected chi connectivity index (χ1v) is 10.6. The lowest BCUT2D eigenvalue weighted by atomic mass is 10.2. The number of nitrogens with zero attached hydrogens (tertiary/aromatic N) is 4. The molecular formula is C22H22F2N4OS. The van der Waals surface area contributed by atoms with Gasteiger partial charge in [0, 0.05) is 50.0 Å². The van der Waals surface area contributed by atoms with Gasteiger partial charge in [0.25, 0.3) is 0 Å². The maximum absolute atomic E-state index is 13.5. The first kappa shape index (κ1) is 20.4. The molecule has 156 valence electrons. The molecule has 5 nitrogen and oxygen atoms in total. The first-order valence-electron chi connectivity index (χ1n) is 9.66. The van der Waals surface area contributed by atoms with E-state index in [2.05, 4.69) is 31.9 Å². The molecule has 0 N–H and O–H groups in total. The number of hydrogen-bond acceptors (Lipinski definition) is 6. The zero-order valence-corrected chi connectivity index (χ0v) is 17.4. The fourth-order valence-electron chi connectivity index (χ4n) is 3.39. The monoisotopic (exact) mass is 428 g/mol. The van der Waals surface area contributed by atoms with Crippen molar-refractivity contribution >= 4 is 23.3 Å². The number of anilines is 2. The van der Waals surface area contributed by atoms with E-state index in [1.165, 1.54) is 23.5 Å². The van der Waals surface area contributed by atoms with Crippen molar-refractivity contribution in [2.24, 2.45) is 0 Å². The molecule has 0 saturated carbocycles. The van der Waals surface area contributed by atoms with Gasteiger partial charge in [-0.2, -0.15) is 0 Å². The second-order valence-corrected chi connectivity index (χ2v) is 7.86. The molecule has 3 aromatic rings. The van der Waals surface area contributed by atoms with Crippen LogP contribution in [0.25, 0.3) is 0 Å². The van der Waals surface area contributed by atoms with E-state index in [1.807, 2.05) is 12.1 Å². The van der Waals surface area contributed by atoms with E-state index in [4.69, 9.17) is 4.74 Å². The van der Waals surface area contributed by atoms with E-state index in [0.717, 1.165) is 48.8 Å². The highest BCUT2D eigenvalue weighted by atomic mass is 32.2. The summed E-state index contributed by atoms with van der Waals surface area (Å²) in [4.78, 5) is 13.6. The van der Waals surface area contributed by atoms with Gasteiger partial charge in [0.2, 0.25) is 0 Å². The Morgan fingerprint density at radius 2 is 1.60 bits per heavy atom. The van der Waals surface area contributed by atoms with Crippen LogP contribution in [0.3, 0.4) is 0 Å². The smallest absolute Gasteiger partial charge is 0.161 e. The third-order valence-electron chi connectivity index (χ3n) is 5.02. The van der Waals surface area contributed by atoms with E-state index < -0.39 is 11.6 Å². The quantitative estimate of drug-likeness (QED) is 0.543. The number of rotatable bonds is 6. The summed E-state index contributed by atoms with van der Waals surface area (Å²) in [5.41, 5.74) is 1.88. The summed E-state index contributed by atoms with van der Waals surface area (Å²) in [5, 5.41) is 0.792. The minimum atomic E-state index is -0.835. The molecule has 30 heavy (non-hydrogen) atoms. The summed E-state index contributed by atoms with van der Waals surface area (Å²) in [6.45, 7) is 3.39. The molecule has 0 radical (unpaired) electrons. The summed E-state index contributed by atoms with van der Waals surface area (Å²) in [6.07, 6.45) is 3.34. The minimum absolute atomic E-state index is 0.495. The zero-order valence-electron chi connectivity index (χ0n) is 16.6. The predicted octanol–water partition coefficient (Wildman–Crippen LogP) is 4.38. The van der Waals surface area contributed by atoms with Crippen LogP contribution in [0, 0.1) is 11.6 Å². The molecular weight excluding hydrogens is 406 g/mol. The molecule has 1 fully saturated rings. The third-order valence-corrected chi connectivity index (χ3v) is 6.06. The Morgan fingerprint density at radius 1 is 0.900 bits per heavy atom. The van der Waals surface area contributed by atoms with Crippen LogP contribution in [0.4, 0.5) is 20.3 Å². The van der Waals surface area contributed by atoms with Gasteiger partial charge < -0.3 is 14.5 Å². The molecule has 1 aliphatic rings. The summed E-state index contributed by atoms with van der Waals surface area (Å²) in [5.74, 6) is 0.509. The Labute approximate surface area is 178 Å². The molecule has 4 rings (SSSR count). The molecule has 1 aliphatic heterocycles. The molecule has 1 aromatic heterocycles. The van der Waals surface area contributed by atoms with Gasteiger partial charge in [-0.3, -0.25) is 0 Å². The van der Waals surface area contributed by atoms with Crippen molar-refractivity contribution in [2.45, 2.75) is 10.8 Å². The molecule has 0 aliphatic carbocycles. The number of piperazine rings is 1. The first-order chi connectivity index (χ1) is 14.6. The van der Waals surface area contributed by atoms with Gasteiger partial charge in [-0.05, 0) is 42.0 Å². The Kier molecular flexibility index (Phi) is 6.32. The van der Waals surface area contributed by atoms with Gasteiger partial charge in [-0.15, -0.1) is 0 Å². The van der Waals surface area contributed by atoms with Crippen molar-refractivity contribution in [3.05, 3.63) is 72.1 Å². The number of hydrogen-bond donors (Lipinski definition) is 0. The zero-order chi connectivity index (χ0) is 20.9. The van der Waals surface area contributed by atoms with Gasteiger partial charge in [0.1, 0.15) is 10.8 Å². The molecule has 0 amide bonds. The van der Waals surface area contributed by atoms with Crippen LogP contribution >= 0.6 is 11.8 Å². The molecule has 0 spiro atoms. The van der Waals surface area contributed by atoms with Crippen molar-refractivity contribution in [2.75, 3.05) is 43.1 Å². The maximum Gasteiger partial charge on any atom is 0.161 e. The lowest BCUT2D eigenvalue weighted by molar-refractivity contribution is 0.415. The predicted molar refractivity (Wildman–Crippen MR) is 115 cm³/mol.